The Hall–Kier alpha value is -1.62. The molecule has 1 aromatic heterocycles. The van der Waals surface area contributed by atoms with E-state index in [1.165, 1.54) is 0 Å². The molecule has 0 radical (unpaired) electrons. The monoisotopic (exact) mass is 235 g/mol. The predicted molar refractivity (Wildman–Crippen MR) is 65.1 cm³/mol. The molecule has 0 amide bonds. The van der Waals surface area contributed by atoms with Crippen molar-refractivity contribution in [3.63, 3.8) is 0 Å². The number of aromatic nitrogens is 1. The van der Waals surface area contributed by atoms with E-state index in [0.29, 0.717) is 0 Å². The lowest BCUT2D eigenvalue weighted by molar-refractivity contribution is -0.138. The number of aliphatic carboxylic acids is 1. The highest BCUT2D eigenvalue weighted by molar-refractivity contribution is 5.78. The molecule has 5 nitrogen and oxygen atoms in total. The molecule has 2 heterocycles. The average molecular weight is 235 g/mol. The van der Waals surface area contributed by atoms with Crippen LogP contribution in [0.2, 0.25) is 0 Å². The van der Waals surface area contributed by atoms with Gasteiger partial charge in [-0.05, 0) is 18.9 Å². The Bertz CT molecular complexity index is 402. The molecule has 0 saturated carbocycles. The van der Waals surface area contributed by atoms with Gasteiger partial charge in [0.25, 0.3) is 0 Å². The van der Waals surface area contributed by atoms with Crippen molar-refractivity contribution >= 4 is 11.8 Å². The maximum atomic E-state index is 11.2. The van der Waals surface area contributed by atoms with Crippen LogP contribution in [0.4, 0.5) is 5.82 Å². The molecule has 0 bridgehead atoms. The summed E-state index contributed by atoms with van der Waals surface area (Å²) in [6.07, 6.45) is 3.97. The van der Waals surface area contributed by atoms with Crippen molar-refractivity contribution in [2.24, 2.45) is 5.73 Å². The number of carboxylic acid groups (broad SMARTS) is 1. The van der Waals surface area contributed by atoms with E-state index in [9.17, 15) is 4.79 Å². The molecule has 1 fully saturated rings. The third kappa shape index (κ3) is 2.39. The van der Waals surface area contributed by atoms with Crippen LogP contribution in [-0.2, 0) is 4.79 Å². The van der Waals surface area contributed by atoms with Crippen molar-refractivity contribution in [3.05, 3.63) is 23.9 Å². The third-order valence-electron chi connectivity index (χ3n) is 3.13. The molecule has 3 N–H and O–H groups in total. The SMILES string of the molecule is NCC(C(=O)O)c1cccnc1N1CCCC1. The zero-order valence-electron chi connectivity index (χ0n) is 9.67. The van der Waals surface area contributed by atoms with Crippen molar-refractivity contribution in [1.29, 1.82) is 0 Å². The van der Waals surface area contributed by atoms with Gasteiger partial charge in [-0.1, -0.05) is 6.07 Å². The Morgan fingerprint density at radius 1 is 1.53 bits per heavy atom. The van der Waals surface area contributed by atoms with Crippen molar-refractivity contribution < 1.29 is 9.90 Å². The molecule has 0 aliphatic carbocycles. The summed E-state index contributed by atoms with van der Waals surface area (Å²) in [6, 6.07) is 3.58. The first-order chi connectivity index (χ1) is 8.24. The van der Waals surface area contributed by atoms with Crippen LogP contribution in [-0.4, -0.2) is 35.7 Å². The van der Waals surface area contributed by atoms with E-state index >= 15 is 0 Å². The van der Waals surface area contributed by atoms with Gasteiger partial charge in [0.15, 0.2) is 0 Å². The molecule has 1 unspecified atom stereocenters. The molecular formula is C12H17N3O2. The topological polar surface area (TPSA) is 79.5 Å². The number of anilines is 1. The lowest BCUT2D eigenvalue weighted by Crippen LogP contribution is -2.26. The lowest BCUT2D eigenvalue weighted by Gasteiger charge is -2.22. The van der Waals surface area contributed by atoms with Gasteiger partial charge >= 0.3 is 5.97 Å². The van der Waals surface area contributed by atoms with E-state index in [2.05, 4.69) is 9.88 Å². The van der Waals surface area contributed by atoms with Gasteiger partial charge in [-0.15, -0.1) is 0 Å². The van der Waals surface area contributed by atoms with E-state index in [0.717, 1.165) is 37.3 Å². The van der Waals surface area contributed by atoms with E-state index < -0.39 is 11.9 Å². The quantitative estimate of drug-likeness (QED) is 0.807. The Morgan fingerprint density at radius 2 is 2.24 bits per heavy atom. The smallest absolute Gasteiger partial charge is 0.312 e. The molecule has 17 heavy (non-hydrogen) atoms. The summed E-state index contributed by atoms with van der Waals surface area (Å²) in [6.45, 7) is 1.99. The molecule has 1 atom stereocenters. The average Bonchev–Trinajstić information content (AvgIpc) is 2.83. The minimum absolute atomic E-state index is 0.0991. The van der Waals surface area contributed by atoms with Gasteiger partial charge in [0.2, 0.25) is 0 Å². The largest absolute Gasteiger partial charge is 0.481 e. The fraction of sp³-hybridized carbons (Fsp3) is 0.500. The number of hydrogen-bond acceptors (Lipinski definition) is 4. The molecular weight excluding hydrogens is 218 g/mol. The molecule has 92 valence electrons. The first-order valence-corrected chi connectivity index (χ1v) is 5.86. The van der Waals surface area contributed by atoms with Crippen LogP contribution in [0, 0.1) is 0 Å². The Morgan fingerprint density at radius 3 is 2.82 bits per heavy atom. The van der Waals surface area contributed by atoms with Crippen LogP contribution in [0.1, 0.15) is 24.3 Å². The normalized spacial score (nSPS) is 17.1. The number of pyridine rings is 1. The van der Waals surface area contributed by atoms with Crippen LogP contribution in [0.25, 0.3) is 0 Å². The highest BCUT2D eigenvalue weighted by Crippen LogP contribution is 2.27. The third-order valence-corrected chi connectivity index (χ3v) is 3.13. The summed E-state index contributed by atoms with van der Waals surface area (Å²) in [7, 11) is 0. The van der Waals surface area contributed by atoms with Crippen molar-refractivity contribution in [2.75, 3.05) is 24.5 Å². The van der Waals surface area contributed by atoms with Gasteiger partial charge in [-0.2, -0.15) is 0 Å². The van der Waals surface area contributed by atoms with Crippen LogP contribution in [0.3, 0.4) is 0 Å². The molecule has 0 aromatic carbocycles. The lowest BCUT2D eigenvalue weighted by atomic mass is 10.00. The molecule has 1 aromatic rings. The number of carboxylic acids is 1. The molecule has 2 rings (SSSR count). The number of nitrogens with zero attached hydrogens (tertiary/aromatic N) is 2. The Kier molecular flexibility index (Phi) is 3.58. The highest BCUT2D eigenvalue weighted by Gasteiger charge is 2.25. The van der Waals surface area contributed by atoms with Gasteiger partial charge in [-0.25, -0.2) is 4.98 Å². The van der Waals surface area contributed by atoms with E-state index in [1.807, 2.05) is 6.07 Å². The summed E-state index contributed by atoms with van der Waals surface area (Å²) < 4.78 is 0. The summed E-state index contributed by atoms with van der Waals surface area (Å²) in [5.41, 5.74) is 6.27. The van der Waals surface area contributed by atoms with Crippen molar-refractivity contribution in [3.8, 4) is 0 Å². The molecule has 5 heteroatoms. The second kappa shape index (κ2) is 5.14. The van der Waals surface area contributed by atoms with Crippen LogP contribution >= 0.6 is 0 Å². The fourth-order valence-electron chi connectivity index (χ4n) is 2.24. The standard InChI is InChI=1S/C12H17N3O2/c13-8-10(12(16)17)9-4-3-5-14-11(9)15-6-1-2-7-15/h3-5,10H,1-2,6-8,13H2,(H,16,17). The van der Waals surface area contributed by atoms with Gasteiger partial charge in [-0.3, -0.25) is 4.79 Å². The highest BCUT2D eigenvalue weighted by atomic mass is 16.4. The van der Waals surface area contributed by atoms with E-state index in [-0.39, 0.29) is 6.54 Å². The number of nitrogens with two attached hydrogens (primary N) is 1. The second-order valence-corrected chi connectivity index (χ2v) is 4.24. The Balaban J connectivity index is 2.35. The molecule has 1 aliphatic rings. The van der Waals surface area contributed by atoms with Crippen molar-refractivity contribution in [1.82, 2.24) is 4.98 Å². The van der Waals surface area contributed by atoms with Crippen molar-refractivity contribution in [2.45, 2.75) is 18.8 Å². The zero-order chi connectivity index (χ0) is 12.3. The number of rotatable bonds is 4. The van der Waals surface area contributed by atoms with Crippen LogP contribution in [0.15, 0.2) is 18.3 Å². The maximum Gasteiger partial charge on any atom is 0.312 e. The van der Waals surface area contributed by atoms with Crippen LogP contribution in [0.5, 0.6) is 0 Å². The predicted octanol–water partition coefficient (Wildman–Crippen LogP) is 0.809. The first kappa shape index (κ1) is 11.9. The Labute approximate surface area is 100 Å². The molecule has 0 spiro atoms. The molecule has 1 aliphatic heterocycles. The fourth-order valence-corrected chi connectivity index (χ4v) is 2.24. The van der Waals surface area contributed by atoms with E-state index in [1.54, 1.807) is 12.3 Å². The minimum Gasteiger partial charge on any atom is -0.481 e. The zero-order valence-corrected chi connectivity index (χ0v) is 9.67. The van der Waals surface area contributed by atoms with Gasteiger partial charge in [0.05, 0.1) is 5.92 Å². The maximum absolute atomic E-state index is 11.2. The molecule has 1 saturated heterocycles. The second-order valence-electron chi connectivity index (χ2n) is 4.24. The van der Waals surface area contributed by atoms with Gasteiger partial charge in [0.1, 0.15) is 5.82 Å². The number of hydrogen-bond donors (Lipinski definition) is 2. The van der Waals surface area contributed by atoms with E-state index in [4.69, 9.17) is 10.8 Å². The summed E-state index contributed by atoms with van der Waals surface area (Å²) in [5, 5.41) is 9.17. The van der Waals surface area contributed by atoms with Gasteiger partial charge < -0.3 is 15.7 Å². The number of carbonyl (C=O) groups is 1. The first-order valence-electron chi connectivity index (χ1n) is 5.86. The summed E-state index contributed by atoms with van der Waals surface area (Å²) in [4.78, 5) is 17.6. The van der Waals surface area contributed by atoms with Crippen LogP contribution < -0.4 is 10.6 Å². The summed E-state index contributed by atoms with van der Waals surface area (Å²) in [5.74, 6) is -0.775. The van der Waals surface area contributed by atoms with Gasteiger partial charge in [0, 0.05) is 31.4 Å². The minimum atomic E-state index is -0.888. The summed E-state index contributed by atoms with van der Waals surface area (Å²) >= 11 is 0.